The maximum atomic E-state index is 11.9. The molecule has 0 bridgehead atoms. The zero-order valence-electron chi connectivity index (χ0n) is 11.8. The average molecular weight is 382 g/mol. The molecule has 0 radical (unpaired) electrons. The SMILES string of the molecule is Cc1cc(Br)ccc1NC(=O)CNC(=O)c1cccc(Cl)c1. The molecule has 114 valence electrons. The van der Waals surface area contributed by atoms with Crippen LogP contribution in [0.2, 0.25) is 5.02 Å². The lowest BCUT2D eigenvalue weighted by Gasteiger charge is -2.09. The molecule has 0 aliphatic heterocycles. The Morgan fingerprint density at radius 1 is 1.18 bits per heavy atom. The van der Waals surface area contributed by atoms with Crippen LogP contribution in [0.3, 0.4) is 0 Å². The van der Waals surface area contributed by atoms with E-state index in [9.17, 15) is 9.59 Å². The van der Waals surface area contributed by atoms with Crippen molar-refractivity contribution in [2.45, 2.75) is 6.92 Å². The zero-order chi connectivity index (χ0) is 16.1. The first kappa shape index (κ1) is 16.5. The Kier molecular flexibility index (Phi) is 5.57. The van der Waals surface area contributed by atoms with E-state index in [1.807, 2.05) is 19.1 Å². The molecule has 0 heterocycles. The number of hydrogen-bond donors (Lipinski definition) is 2. The predicted octanol–water partition coefficient (Wildman–Crippen LogP) is 3.78. The van der Waals surface area contributed by atoms with Crippen LogP contribution in [0.15, 0.2) is 46.9 Å². The Balaban J connectivity index is 1.91. The molecule has 2 aromatic carbocycles. The zero-order valence-corrected chi connectivity index (χ0v) is 14.2. The van der Waals surface area contributed by atoms with E-state index >= 15 is 0 Å². The normalized spacial score (nSPS) is 10.1. The van der Waals surface area contributed by atoms with Crippen LogP contribution in [0, 0.1) is 6.92 Å². The number of hydrogen-bond acceptors (Lipinski definition) is 2. The lowest BCUT2D eigenvalue weighted by atomic mass is 10.2. The molecule has 22 heavy (non-hydrogen) atoms. The highest BCUT2D eigenvalue weighted by molar-refractivity contribution is 9.10. The molecule has 2 N–H and O–H groups in total. The molecule has 2 amide bonds. The summed E-state index contributed by atoms with van der Waals surface area (Å²) in [7, 11) is 0. The van der Waals surface area contributed by atoms with E-state index < -0.39 is 0 Å². The summed E-state index contributed by atoms with van der Waals surface area (Å²) in [6, 6.07) is 12.1. The Morgan fingerprint density at radius 2 is 1.95 bits per heavy atom. The molecule has 6 heteroatoms. The highest BCUT2D eigenvalue weighted by atomic mass is 79.9. The molecule has 0 unspecified atom stereocenters. The first-order chi connectivity index (χ1) is 10.5. The van der Waals surface area contributed by atoms with Crippen molar-refractivity contribution >= 4 is 45.0 Å². The van der Waals surface area contributed by atoms with Gasteiger partial charge in [0.05, 0.1) is 6.54 Å². The molecule has 2 rings (SSSR count). The van der Waals surface area contributed by atoms with Gasteiger partial charge in [-0.05, 0) is 48.9 Å². The fraction of sp³-hybridized carbons (Fsp3) is 0.125. The Morgan fingerprint density at radius 3 is 2.64 bits per heavy atom. The van der Waals surface area contributed by atoms with Crippen LogP contribution in [0.5, 0.6) is 0 Å². The van der Waals surface area contributed by atoms with E-state index in [0.717, 1.165) is 10.0 Å². The Bertz CT molecular complexity index is 719. The van der Waals surface area contributed by atoms with Crippen LogP contribution >= 0.6 is 27.5 Å². The number of halogens is 2. The molecular formula is C16H14BrClN2O2. The quantitative estimate of drug-likeness (QED) is 0.847. The van der Waals surface area contributed by atoms with Crippen molar-refractivity contribution in [1.82, 2.24) is 5.32 Å². The summed E-state index contributed by atoms with van der Waals surface area (Å²) in [5, 5.41) is 5.79. The second-order valence-corrected chi connectivity index (χ2v) is 6.05. The largest absolute Gasteiger partial charge is 0.343 e. The van der Waals surface area contributed by atoms with Gasteiger partial charge < -0.3 is 10.6 Å². The molecule has 0 fully saturated rings. The maximum Gasteiger partial charge on any atom is 0.251 e. The van der Waals surface area contributed by atoms with Crippen molar-refractivity contribution < 1.29 is 9.59 Å². The predicted molar refractivity (Wildman–Crippen MR) is 91.3 cm³/mol. The number of amides is 2. The lowest BCUT2D eigenvalue weighted by Crippen LogP contribution is -2.33. The van der Waals surface area contributed by atoms with Crippen LogP contribution < -0.4 is 10.6 Å². The molecule has 2 aromatic rings. The van der Waals surface area contributed by atoms with E-state index in [0.29, 0.717) is 16.3 Å². The van der Waals surface area contributed by atoms with Crippen molar-refractivity contribution in [2.75, 3.05) is 11.9 Å². The molecular weight excluding hydrogens is 368 g/mol. The number of anilines is 1. The standard InChI is InChI=1S/C16H14BrClN2O2/c1-10-7-12(17)5-6-14(10)20-15(21)9-19-16(22)11-3-2-4-13(18)8-11/h2-8H,9H2,1H3,(H,19,22)(H,20,21). The second-order valence-electron chi connectivity index (χ2n) is 4.70. The van der Waals surface area contributed by atoms with Crippen molar-refractivity contribution in [2.24, 2.45) is 0 Å². The molecule has 0 aliphatic rings. The van der Waals surface area contributed by atoms with Gasteiger partial charge in [0.15, 0.2) is 0 Å². The first-order valence-corrected chi connectivity index (χ1v) is 7.72. The third kappa shape index (κ3) is 4.58. The lowest BCUT2D eigenvalue weighted by molar-refractivity contribution is -0.115. The highest BCUT2D eigenvalue weighted by Crippen LogP contribution is 2.19. The monoisotopic (exact) mass is 380 g/mol. The fourth-order valence-corrected chi connectivity index (χ4v) is 2.52. The minimum atomic E-state index is -0.342. The summed E-state index contributed by atoms with van der Waals surface area (Å²) in [4.78, 5) is 23.8. The van der Waals surface area contributed by atoms with Crippen LogP contribution in [0.25, 0.3) is 0 Å². The number of carbonyl (C=O) groups excluding carboxylic acids is 2. The smallest absolute Gasteiger partial charge is 0.251 e. The van der Waals surface area contributed by atoms with Crippen LogP contribution in [-0.2, 0) is 4.79 Å². The average Bonchev–Trinajstić information content (AvgIpc) is 2.47. The maximum absolute atomic E-state index is 11.9. The number of benzene rings is 2. The summed E-state index contributed by atoms with van der Waals surface area (Å²) >= 11 is 9.19. The summed E-state index contributed by atoms with van der Waals surface area (Å²) in [5.74, 6) is -0.633. The van der Waals surface area contributed by atoms with Crippen molar-refractivity contribution in [3.8, 4) is 0 Å². The van der Waals surface area contributed by atoms with Crippen molar-refractivity contribution in [3.05, 3.63) is 63.1 Å². The Hall–Kier alpha value is -1.85. The second kappa shape index (κ2) is 7.42. The first-order valence-electron chi connectivity index (χ1n) is 6.55. The number of rotatable bonds is 4. The summed E-state index contributed by atoms with van der Waals surface area (Å²) in [6.07, 6.45) is 0. The van der Waals surface area contributed by atoms with Gasteiger partial charge in [0.25, 0.3) is 5.91 Å². The molecule has 0 atom stereocenters. The number of aryl methyl sites for hydroxylation is 1. The minimum absolute atomic E-state index is 0.110. The van der Waals surface area contributed by atoms with Gasteiger partial charge in [0, 0.05) is 20.7 Å². The van der Waals surface area contributed by atoms with Gasteiger partial charge in [0.1, 0.15) is 0 Å². The van der Waals surface area contributed by atoms with Gasteiger partial charge in [-0.15, -0.1) is 0 Å². The van der Waals surface area contributed by atoms with E-state index in [2.05, 4.69) is 26.6 Å². The van der Waals surface area contributed by atoms with Crippen LogP contribution in [0.1, 0.15) is 15.9 Å². The summed E-state index contributed by atoms with van der Waals surface area (Å²) in [6.45, 7) is 1.78. The third-order valence-corrected chi connectivity index (χ3v) is 3.69. The third-order valence-electron chi connectivity index (χ3n) is 2.96. The van der Waals surface area contributed by atoms with E-state index in [1.165, 1.54) is 0 Å². The van der Waals surface area contributed by atoms with Gasteiger partial charge in [0.2, 0.25) is 5.91 Å². The number of carbonyl (C=O) groups is 2. The Labute approximate surface area is 142 Å². The topological polar surface area (TPSA) is 58.2 Å². The van der Waals surface area contributed by atoms with E-state index in [1.54, 1.807) is 30.3 Å². The van der Waals surface area contributed by atoms with Gasteiger partial charge in [-0.1, -0.05) is 33.6 Å². The van der Waals surface area contributed by atoms with Crippen molar-refractivity contribution in [3.63, 3.8) is 0 Å². The van der Waals surface area contributed by atoms with Gasteiger partial charge in [-0.3, -0.25) is 9.59 Å². The molecule has 0 spiro atoms. The van der Waals surface area contributed by atoms with Crippen LogP contribution in [-0.4, -0.2) is 18.4 Å². The number of nitrogens with one attached hydrogen (secondary N) is 2. The highest BCUT2D eigenvalue weighted by Gasteiger charge is 2.09. The molecule has 0 saturated carbocycles. The van der Waals surface area contributed by atoms with E-state index in [-0.39, 0.29) is 18.4 Å². The molecule has 4 nitrogen and oxygen atoms in total. The molecule has 0 aliphatic carbocycles. The summed E-state index contributed by atoms with van der Waals surface area (Å²) in [5.41, 5.74) is 2.06. The molecule has 0 aromatic heterocycles. The van der Waals surface area contributed by atoms with Crippen LogP contribution in [0.4, 0.5) is 5.69 Å². The van der Waals surface area contributed by atoms with Gasteiger partial charge >= 0.3 is 0 Å². The summed E-state index contributed by atoms with van der Waals surface area (Å²) < 4.78 is 0.942. The van der Waals surface area contributed by atoms with Gasteiger partial charge in [-0.2, -0.15) is 0 Å². The molecule has 0 saturated heterocycles. The minimum Gasteiger partial charge on any atom is -0.343 e. The van der Waals surface area contributed by atoms with E-state index in [4.69, 9.17) is 11.6 Å². The van der Waals surface area contributed by atoms with Gasteiger partial charge in [-0.25, -0.2) is 0 Å². The fourth-order valence-electron chi connectivity index (χ4n) is 1.85. The van der Waals surface area contributed by atoms with Crippen molar-refractivity contribution in [1.29, 1.82) is 0 Å².